The van der Waals surface area contributed by atoms with Crippen molar-refractivity contribution in [3.05, 3.63) is 54.1 Å². The molecular formula is C17H23N3O. The van der Waals surface area contributed by atoms with Crippen LogP contribution in [0.3, 0.4) is 0 Å². The molecule has 1 aromatic heterocycles. The van der Waals surface area contributed by atoms with Gasteiger partial charge in [0, 0.05) is 43.2 Å². The van der Waals surface area contributed by atoms with Gasteiger partial charge in [-0.15, -0.1) is 0 Å². The summed E-state index contributed by atoms with van der Waals surface area (Å²) in [7, 11) is 2.13. The molecular weight excluding hydrogens is 262 g/mol. The van der Waals surface area contributed by atoms with Gasteiger partial charge in [0.1, 0.15) is 5.75 Å². The molecule has 0 saturated carbocycles. The number of para-hydroxylation sites is 1. The topological polar surface area (TPSA) is 38.2 Å². The van der Waals surface area contributed by atoms with Crippen LogP contribution in [0.4, 0.5) is 0 Å². The van der Waals surface area contributed by atoms with Crippen molar-refractivity contribution in [2.45, 2.75) is 32.9 Å². The Morgan fingerprint density at radius 2 is 2.05 bits per heavy atom. The van der Waals surface area contributed by atoms with Crippen LogP contribution in [0, 0.1) is 0 Å². The Morgan fingerprint density at radius 3 is 2.76 bits per heavy atom. The van der Waals surface area contributed by atoms with Crippen LogP contribution in [0.5, 0.6) is 5.75 Å². The number of benzene rings is 1. The molecule has 0 N–H and O–H groups in total. The average molecular weight is 285 g/mol. The Hall–Kier alpha value is -1.94. The Kier molecular flexibility index (Phi) is 5.69. The summed E-state index contributed by atoms with van der Waals surface area (Å²) in [6.45, 7) is 5.77. The number of rotatable bonds is 7. The highest BCUT2D eigenvalue weighted by Crippen LogP contribution is 2.20. The van der Waals surface area contributed by atoms with Crippen LogP contribution in [-0.2, 0) is 13.0 Å². The first-order valence-corrected chi connectivity index (χ1v) is 7.36. The second-order valence-electron chi connectivity index (χ2n) is 5.21. The highest BCUT2D eigenvalue weighted by molar-refractivity contribution is 5.33. The molecule has 2 aromatic rings. The zero-order valence-corrected chi connectivity index (χ0v) is 13.0. The molecule has 0 unspecified atom stereocenters. The fourth-order valence-electron chi connectivity index (χ4n) is 2.25. The average Bonchev–Trinajstić information content (AvgIpc) is 2.50. The summed E-state index contributed by atoms with van der Waals surface area (Å²) in [5.74, 6) is 0.971. The van der Waals surface area contributed by atoms with Gasteiger partial charge in [0.05, 0.1) is 12.3 Å². The van der Waals surface area contributed by atoms with Gasteiger partial charge in [-0.2, -0.15) is 0 Å². The van der Waals surface area contributed by atoms with Crippen LogP contribution >= 0.6 is 0 Å². The van der Waals surface area contributed by atoms with Gasteiger partial charge in [0.25, 0.3) is 0 Å². The molecule has 4 heteroatoms. The Labute approximate surface area is 126 Å². The van der Waals surface area contributed by atoms with Crippen molar-refractivity contribution in [2.24, 2.45) is 0 Å². The van der Waals surface area contributed by atoms with Gasteiger partial charge in [-0.1, -0.05) is 18.2 Å². The molecule has 1 atom stereocenters. The van der Waals surface area contributed by atoms with E-state index < -0.39 is 0 Å². The smallest absolute Gasteiger partial charge is 0.123 e. The quantitative estimate of drug-likeness (QED) is 0.784. The normalized spacial score (nSPS) is 12.4. The van der Waals surface area contributed by atoms with Crippen molar-refractivity contribution in [1.82, 2.24) is 14.9 Å². The summed E-state index contributed by atoms with van der Waals surface area (Å²) < 4.78 is 5.69. The number of aromatic nitrogens is 2. The van der Waals surface area contributed by atoms with Crippen molar-refractivity contribution in [1.29, 1.82) is 0 Å². The Bertz CT molecular complexity index is 545. The van der Waals surface area contributed by atoms with E-state index >= 15 is 0 Å². The molecule has 2 rings (SSSR count). The lowest BCUT2D eigenvalue weighted by molar-refractivity contribution is 0.240. The first-order chi connectivity index (χ1) is 10.2. The number of hydrogen-bond donors (Lipinski definition) is 0. The van der Waals surface area contributed by atoms with Crippen molar-refractivity contribution in [2.75, 3.05) is 13.7 Å². The van der Waals surface area contributed by atoms with Gasteiger partial charge < -0.3 is 4.74 Å². The monoisotopic (exact) mass is 285 g/mol. The van der Waals surface area contributed by atoms with Crippen LogP contribution in [0.2, 0.25) is 0 Å². The van der Waals surface area contributed by atoms with Crippen molar-refractivity contribution >= 4 is 0 Å². The van der Waals surface area contributed by atoms with Crippen molar-refractivity contribution in [3.8, 4) is 5.75 Å². The van der Waals surface area contributed by atoms with E-state index in [4.69, 9.17) is 4.74 Å². The van der Waals surface area contributed by atoms with Crippen LogP contribution in [0.15, 0.2) is 42.9 Å². The first kappa shape index (κ1) is 15.4. The van der Waals surface area contributed by atoms with Crippen molar-refractivity contribution in [3.63, 3.8) is 0 Å². The second kappa shape index (κ2) is 7.74. The molecule has 4 nitrogen and oxygen atoms in total. The molecule has 0 bridgehead atoms. The highest BCUT2D eigenvalue weighted by Gasteiger charge is 2.13. The minimum Gasteiger partial charge on any atom is -0.494 e. The molecule has 1 aromatic carbocycles. The third kappa shape index (κ3) is 4.53. The lowest BCUT2D eigenvalue weighted by Crippen LogP contribution is -2.30. The molecule has 21 heavy (non-hydrogen) atoms. The van der Waals surface area contributed by atoms with Crippen LogP contribution in [-0.4, -0.2) is 34.6 Å². The van der Waals surface area contributed by atoms with E-state index in [0.717, 1.165) is 24.4 Å². The lowest BCUT2D eigenvalue weighted by atomic mass is 10.1. The minimum atomic E-state index is 0.386. The van der Waals surface area contributed by atoms with E-state index in [1.54, 1.807) is 12.4 Å². The minimum absolute atomic E-state index is 0.386. The van der Waals surface area contributed by atoms with Gasteiger partial charge >= 0.3 is 0 Å². The van der Waals surface area contributed by atoms with Crippen LogP contribution < -0.4 is 4.74 Å². The molecule has 0 spiro atoms. The molecule has 1 heterocycles. The summed E-state index contributed by atoms with van der Waals surface area (Å²) in [4.78, 5) is 10.8. The lowest BCUT2D eigenvalue weighted by Gasteiger charge is -2.25. The fourth-order valence-corrected chi connectivity index (χ4v) is 2.25. The molecule has 0 radical (unpaired) electrons. The number of hydrogen-bond acceptors (Lipinski definition) is 4. The van der Waals surface area contributed by atoms with E-state index in [1.807, 2.05) is 25.3 Å². The van der Waals surface area contributed by atoms with E-state index in [0.29, 0.717) is 12.6 Å². The zero-order valence-electron chi connectivity index (χ0n) is 13.0. The molecule has 0 fully saturated rings. The molecule has 0 saturated heterocycles. The predicted molar refractivity (Wildman–Crippen MR) is 84.3 cm³/mol. The van der Waals surface area contributed by atoms with Gasteiger partial charge in [-0.05, 0) is 27.0 Å². The summed E-state index contributed by atoms with van der Waals surface area (Å²) in [5.41, 5.74) is 2.24. The molecule has 0 aliphatic carbocycles. The predicted octanol–water partition coefficient (Wildman–Crippen LogP) is 2.94. The Morgan fingerprint density at radius 1 is 1.24 bits per heavy atom. The SMILES string of the molecule is CCOc1ccccc1CN(C)[C@@H](C)Cc1cnccn1. The van der Waals surface area contributed by atoms with E-state index in [9.17, 15) is 0 Å². The third-order valence-electron chi connectivity index (χ3n) is 3.57. The van der Waals surface area contributed by atoms with Gasteiger partial charge in [0.15, 0.2) is 0 Å². The molecule has 0 amide bonds. The van der Waals surface area contributed by atoms with Crippen LogP contribution in [0.1, 0.15) is 25.1 Å². The number of ether oxygens (including phenoxy) is 1. The maximum absolute atomic E-state index is 5.69. The van der Waals surface area contributed by atoms with E-state index in [-0.39, 0.29) is 0 Å². The second-order valence-corrected chi connectivity index (χ2v) is 5.21. The maximum Gasteiger partial charge on any atom is 0.123 e. The first-order valence-electron chi connectivity index (χ1n) is 7.36. The molecule has 0 aliphatic heterocycles. The molecule has 0 aliphatic rings. The summed E-state index contributed by atoms with van der Waals surface area (Å²) in [6, 6.07) is 8.60. The third-order valence-corrected chi connectivity index (χ3v) is 3.57. The van der Waals surface area contributed by atoms with Gasteiger partial charge in [0.2, 0.25) is 0 Å². The zero-order chi connectivity index (χ0) is 15.1. The largest absolute Gasteiger partial charge is 0.494 e. The molecule has 112 valence electrons. The standard InChI is InChI=1S/C17H23N3O/c1-4-21-17-8-6-5-7-15(17)13-20(3)14(2)11-16-12-18-9-10-19-16/h5-10,12,14H,4,11,13H2,1-3H3/t14-/m0/s1. The summed E-state index contributed by atoms with van der Waals surface area (Å²) >= 11 is 0. The summed E-state index contributed by atoms with van der Waals surface area (Å²) in [5, 5.41) is 0. The number of nitrogens with zero attached hydrogens (tertiary/aromatic N) is 3. The number of likely N-dealkylation sites (N-methyl/N-ethyl adjacent to an activating group) is 1. The van der Waals surface area contributed by atoms with E-state index in [1.165, 1.54) is 5.56 Å². The Balaban J connectivity index is 1.99. The van der Waals surface area contributed by atoms with Crippen LogP contribution in [0.25, 0.3) is 0 Å². The van der Waals surface area contributed by atoms with Gasteiger partial charge in [-0.3, -0.25) is 14.9 Å². The summed E-state index contributed by atoms with van der Waals surface area (Å²) in [6.07, 6.45) is 6.17. The van der Waals surface area contributed by atoms with Gasteiger partial charge in [-0.25, -0.2) is 0 Å². The fraction of sp³-hybridized carbons (Fsp3) is 0.412. The van der Waals surface area contributed by atoms with E-state index in [2.05, 4.69) is 41.0 Å². The highest BCUT2D eigenvalue weighted by atomic mass is 16.5. The van der Waals surface area contributed by atoms with Crippen molar-refractivity contribution < 1.29 is 4.74 Å². The maximum atomic E-state index is 5.69.